The largest absolute Gasteiger partial charge is 0.335 e. The second kappa shape index (κ2) is 6.01. The first-order valence-corrected chi connectivity index (χ1v) is 7.65. The molecular formula is C17H15ClN2O3. The second-order valence-corrected chi connectivity index (χ2v) is 6.00. The molecule has 5 nitrogen and oxygen atoms in total. The quantitative estimate of drug-likeness (QED) is 0.631. The van der Waals surface area contributed by atoms with E-state index in [4.69, 9.17) is 11.6 Å². The average Bonchev–Trinajstić information content (AvgIpc) is 2.97. The SMILES string of the molecule is CN(C(=O)c1cc([N+](=O)[O-])ccc1Cl)C1CCc2ccccc21. The lowest BCUT2D eigenvalue weighted by Gasteiger charge is -2.26. The Kier molecular flexibility index (Phi) is 4.05. The van der Waals surface area contributed by atoms with E-state index in [1.807, 2.05) is 18.2 Å². The van der Waals surface area contributed by atoms with Gasteiger partial charge >= 0.3 is 0 Å². The summed E-state index contributed by atoms with van der Waals surface area (Å²) < 4.78 is 0. The highest BCUT2D eigenvalue weighted by Gasteiger charge is 2.30. The predicted octanol–water partition coefficient (Wildman–Crippen LogP) is 4.01. The zero-order valence-corrected chi connectivity index (χ0v) is 13.3. The lowest BCUT2D eigenvalue weighted by atomic mass is 10.1. The van der Waals surface area contributed by atoms with Gasteiger partial charge in [0.15, 0.2) is 0 Å². The van der Waals surface area contributed by atoms with E-state index >= 15 is 0 Å². The third kappa shape index (κ3) is 2.80. The summed E-state index contributed by atoms with van der Waals surface area (Å²) >= 11 is 6.08. The molecule has 6 heteroatoms. The van der Waals surface area contributed by atoms with Crippen molar-refractivity contribution >= 4 is 23.2 Å². The number of aryl methyl sites for hydroxylation is 1. The molecule has 23 heavy (non-hydrogen) atoms. The second-order valence-electron chi connectivity index (χ2n) is 5.59. The van der Waals surface area contributed by atoms with Crippen LogP contribution in [0.3, 0.4) is 0 Å². The fourth-order valence-electron chi connectivity index (χ4n) is 3.06. The monoisotopic (exact) mass is 330 g/mol. The normalized spacial score (nSPS) is 16.0. The number of nitro benzene ring substituents is 1. The number of benzene rings is 2. The molecule has 0 bridgehead atoms. The van der Waals surface area contributed by atoms with Crippen LogP contribution in [-0.2, 0) is 6.42 Å². The fraction of sp³-hybridized carbons (Fsp3) is 0.235. The van der Waals surface area contributed by atoms with E-state index in [9.17, 15) is 14.9 Å². The van der Waals surface area contributed by atoms with Crippen LogP contribution in [0.25, 0.3) is 0 Å². The number of carbonyl (C=O) groups excluding carboxylic acids is 1. The van der Waals surface area contributed by atoms with Crippen LogP contribution in [0.2, 0.25) is 5.02 Å². The number of non-ortho nitro benzene ring substituents is 1. The lowest BCUT2D eigenvalue weighted by molar-refractivity contribution is -0.384. The van der Waals surface area contributed by atoms with E-state index in [-0.39, 0.29) is 28.2 Å². The number of fused-ring (bicyclic) bond motifs is 1. The molecule has 1 unspecified atom stereocenters. The molecule has 0 saturated carbocycles. The van der Waals surface area contributed by atoms with Crippen LogP contribution in [0.1, 0.15) is 33.9 Å². The lowest BCUT2D eigenvalue weighted by Crippen LogP contribution is -2.30. The predicted molar refractivity (Wildman–Crippen MR) is 87.7 cm³/mol. The van der Waals surface area contributed by atoms with Gasteiger partial charge in [-0.25, -0.2) is 0 Å². The number of rotatable bonds is 3. The maximum atomic E-state index is 12.8. The van der Waals surface area contributed by atoms with Crippen molar-refractivity contribution in [1.82, 2.24) is 4.90 Å². The molecule has 1 aliphatic carbocycles. The van der Waals surface area contributed by atoms with Crippen molar-refractivity contribution in [2.24, 2.45) is 0 Å². The van der Waals surface area contributed by atoms with Crippen LogP contribution in [-0.4, -0.2) is 22.8 Å². The van der Waals surface area contributed by atoms with E-state index in [0.29, 0.717) is 0 Å². The van der Waals surface area contributed by atoms with Gasteiger partial charge in [-0.3, -0.25) is 14.9 Å². The van der Waals surface area contributed by atoms with E-state index in [1.165, 1.54) is 23.8 Å². The highest BCUT2D eigenvalue weighted by atomic mass is 35.5. The number of hydrogen-bond donors (Lipinski definition) is 0. The maximum absolute atomic E-state index is 12.8. The van der Waals surface area contributed by atoms with Crippen LogP contribution in [0.4, 0.5) is 5.69 Å². The summed E-state index contributed by atoms with van der Waals surface area (Å²) in [5.41, 5.74) is 2.39. The minimum Gasteiger partial charge on any atom is -0.335 e. The van der Waals surface area contributed by atoms with Crippen molar-refractivity contribution < 1.29 is 9.72 Å². The molecule has 0 radical (unpaired) electrons. The van der Waals surface area contributed by atoms with Gasteiger partial charge in [0.1, 0.15) is 0 Å². The molecule has 0 aliphatic heterocycles. The van der Waals surface area contributed by atoms with Gasteiger partial charge in [0.25, 0.3) is 11.6 Å². The zero-order chi connectivity index (χ0) is 16.6. The molecule has 1 amide bonds. The Morgan fingerprint density at radius 1 is 1.30 bits per heavy atom. The van der Waals surface area contributed by atoms with Gasteiger partial charge in [-0.05, 0) is 30.0 Å². The molecule has 0 N–H and O–H groups in total. The number of amides is 1. The smallest absolute Gasteiger partial charge is 0.270 e. The van der Waals surface area contributed by atoms with Crippen molar-refractivity contribution in [3.05, 3.63) is 74.3 Å². The van der Waals surface area contributed by atoms with Crippen molar-refractivity contribution in [2.75, 3.05) is 7.05 Å². The van der Waals surface area contributed by atoms with Crippen molar-refractivity contribution in [3.63, 3.8) is 0 Å². The number of nitro groups is 1. The van der Waals surface area contributed by atoms with E-state index in [2.05, 4.69) is 6.07 Å². The summed E-state index contributed by atoms with van der Waals surface area (Å²) in [7, 11) is 1.71. The summed E-state index contributed by atoms with van der Waals surface area (Å²) in [6.07, 6.45) is 1.76. The van der Waals surface area contributed by atoms with E-state index < -0.39 is 4.92 Å². The number of halogens is 1. The summed E-state index contributed by atoms with van der Waals surface area (Å²) in [5, 5.41) is 11.1. The average molecular weight is 331 g/mol. The Hall–Kier alpha value is -2.40. The molecule has 2 aromatic carbocycles. The highest BCUT2D eigenvalue weighted by Crippen LogP contribution is 2.36. The molecule has 1 aliphatic rings. The van der Waals surface area contributed by atoms with E-state index in [1.54, 1.807) is 11.9 Å². The van der Waals surface area contributed by atoms with Crippen LogP contribution in [0.5, 0.6) is 0 Å². The molecule has 0 heterocycles. The van der Waals surface area contributed by atoms with Crippen LogP contribution >= 0.6 is 11.6 Å². The van der Waals surface area contributed by atoms with Gasteiger partial charge in [-0.1, -0.05) is 35.9 Å². The highest BCUT2D eigenvalue weighted by molar-refractivity contribution is 6.33. The maximum Gasteiger partial charge on any atom is 0.270 e. The van der Waals surface area contributed by atoms with Crippen LogP contribution in [0.15, 0.2) is 42.5 Å². The molecule has 0 aromatic heterocycles. The van der Waals surface area contributed by atoms with Crippen LogP contribution < -0.4 is 0 Å². The first-order chi connectivity index (χ1) is 11.0. The summed E-state index contributed by atoms with van der Waals surface area (Å²) in [6.45, 7) is 0. The molecule has 0 fully saturated rings. The molecule has 3 rings (SSSR count). The fourth-order valence-corrected chi connectivity index (χ4v) is 3.26. The van der Waals surface area contributed by atoms with E-state index in [0.717, 1.165) is 18.4 Å². The van der Waals surface area contributed by atoms with Gasteiger partial charge in [-0.15, -0.1) is 0 Å². The third-order valence-electron chi connectivity index (χ3n) is 4.28. The minimum absolute atomic E-state index is 0.0333. The van der Waals surface area contributed by atoms with Gasteiger partial charge in [-0.2, -0.15) is 0 Å². The standard InChI is InChI=1S/C17H15ClN2O3/c1-19(16-9-6-11-4-2-3-5-13(11)16)17(21)14-10-12(20(22)23)7-8-15(14)18/h2-5,7-8,10,16H,6,9H2,1H3. The Balaban J connectivity index is 1.92. The Bertz CT molecular complexity index is 791. The van der Waals surface area contributed by atoms with Gasteiger partial charge in [0, 0.05) is 19.2 Å². The first kappa shape index (κ1) is 15.5. The Morgan fingerprint density at radius 2 is 2.04 bits per heavy atom. The molecule has 1 atom stereocenters. The topological polar surface area (TPSA) is 63.5 Å². The Labute approximate surface area is 138 Å². The van der Waals surface area contributed by atoms with Crippen molar-refractivity contribution in [3.8, 4) is 0 Å². The van der Waals surface area contributed by atoms with Gasteiger partial charge in [0.05, 0.1) is 21.6 Å². The Morgan fingerprint density at radius 3 is 2.78 bits per heavy atom. The molecule has 0 spiro atoms. The first-order valence-electron chi connectivity index (χ1n) is 7.28. The van der Waals surface area contributed by atoms with Gasteiger partial charge in [0.2, 0.25) is 0 Å². The molecule has 118 valence electrons. The number of nitrogens with zero attached hydrogens (tertiary/aromatic N) is 2. The zero-order valence-electron chi connectivity index (χ0n) is 12.5. The van der Waals surface area contributed by atoms with Gasteiger partial charge < -0.3 is 4.90 Å². The third-order valence-corrected chi connectivity index (χ3v) is 4.61. The van der Waals surface area contributed by atoms with Crippen molar-refractivity contribution in [1.29, 1.82) is 0 Å². The number of hydrogen-bond acceptors (Lipinski definition) is 3. The summed E-state index contributed by atoms with van der Waals surface area (Å²) in [4.78, 5) is 24.8. The molecule has 2 aromatic rings. The van der Waals surface area contributed by atoms with Crippen LogP contribution in [0, 0.1) is 10.1 Å². The molecule has 0 saturated heterocycles. The summed E-state index contributed by atoms with van der Waals surface area (Å²) in [5.74, 6) is -0.305. The summed E-state index contributed by atoms with van der Waals surface area (Å²) in [6, 6.07) is 11.9. The number of carbonyl (C=O) groups is 1. The minimum atomic E-state index is -0.530. The van der Waals surface area contributed by atoms with Crippen molar-refractivity contribution in [2.45, 2.75) is 18.9 Å². The molecular weight excluding hydrogens is 316 g/mol.